The van der Waals surface area contributed by atoms with Crippen molar-refractivity contribution in [1.29, 1.82) is 0 Å². The molecular weight excluding hydrogens is 325 g/mol. The van der Waals surface area contributed by atoms with Gasteiger partial charge in [-0.1, -0.05) is 11.6 Å². The van der Waals surface area contributed by atoms with Crippen LogP contribution in [0.3, 0.4) is 0 Å². The van der Waals surface area contributed by atoms with Crippen molar-refractivity contribution >= 4 is 47.5 Å². The molecule has 0 spiro atoms. The highest BCUT2D eigenvalue weighted by molar-refractivity contribution is 6.30. The lowest BCUT2D eigenvalue weighted by atomic mass is 10.3. The van der Waals surface area contributed by atoms with E-state index in [0.717, 1.165) is 5.69 Å². The normalized spacial score (nSPS) is 13.1. The van der Waals surface area contributed by atoms with E-state index in [-0.39, 0.29) is 18.3 Å². The second-order valence-corrected chi connectivity index (χ2v) is 6.00. The molecule has 122 valence electrons. The number of hydrogen-bond acceptors (Lipinski definition) is 5. The summed E-state index contributed by atoms with van der Waals surface area (Å²) in [5.41, 5.74) is 4.17. The molecule has 0 atom stereocenters. The summed E-state index contributed by atoms with van der Waals surface area (Å²) in [5.74, 6) is -0.263. The molecule has 0 bridgehead atoms. The number of benzene rings is 1. The van der Waals surface area contributed by atoms with Crippen LogP contribution in [0.4, 0.5) is 5.69 Å². The summed E-state index contributed by atoms with van der Waals surface area (Å²) in [7, 11) is 5.75. The van der Waals surface area contributed by atoms with Gasteiger partial charge in [-0.05, 0) is 31.2 Å². The van der Waals surface area contributed by atoms with Gasteiger partial charge in [-0.15, -0.1) is 12.4 Å². The number of hydrazone groups is 1. The molecule has 0 saturated heterocycles. The van der Waals surface area contributed by atoms with Crippen molar-refractivity contribution in [3.05, 3.63) is 29.3 Å². The van der Waals surface area contributed by atoms with E-state index in [1.165, 1.54) is 6.21 Å². The van der Waals surface area contributed by atoms with E-state index in [9.17, 15) is 5.11 Å². The van der Waals surface area contributed by atoms with E-state index in [0.29, 0.717) is 21.8 Å². The molecule has 0 aliphatic heterocycles. The van der Waals surface area contributed by atoms with Gasteiger partial charge in [-0.3, -0.25) is 5.43 Å². The maximum atomic E-state index is 11.5. The topological polar surface area (TPSA) is 72.2 Å². The molecule has 22 heavy (non-hydrogen) atoms. The van der Waals surface area contributed by atoms with Gasteiger partial charge in [-0.2, -0.15) is 15.3 Å². The number of halogens is 2. The molecule has 0 saturated carbocycles. The lowest BCUT2D eigenvalue weighted by molar-refractivity contribution is -0.863. The fourth-order valence-corrected chi connectivity index (χ4v) is 1.45. The Morgan fingerprint density at radius 2 is 1.82 bits per heavy atom. The average molecular weight is 346 g/mol. The van der Waals surface area contributed by atoms with Crippen LogP contribution < -0.4 is 10.5 Å². The lowest BCUT2D eigenvalue weighted by Crippen LogP contribution is -2.43. The van der Waals surface area contributed by atoms with Crippen LogP contribution in [0.1, 0.15) is 6.92 Å². The SMILES string of the molecule is CC(/C=N/Nc1ccc(Cl)cc1)=N\N=C(/[O-])C[N+](C)(C)C.Cl. The van der Waals surface area contributed by atoms with Crippen LogP contribution in [0, 0.1) is 0 Å². The minimum Gasteiger partial charge on any atom is -0.857 e. The van der Waals surface area contributed by atoms with Gasteiger partial charge in [0.2, 0.25) is 0 Å². The molecule has 1 rings (SSSR count). The zero-order valence-electron chi connectivity index (χ0n) is 13.1. The van der Waals surface area contributed by atoms with Crippen molar-refractivity contribution in [2.24, 2.45) is 15.3 Å². The molecular formula is C14H21Cl2N5O. The third-order valence-electron chi connectivity index (χ3n) is 2.22. The number of nitrogens with one attached hydrogen (secondary N) is 1. The number of anilines is 1. The van der Waals surface area contributed by atoms with E-state index in [4.69, 9.17) is 11.6 Å². The number of hydrogen-bond donors (Lipinski definition) is 1. The van der Waals surface area contributed by atoms with Gasteiger partial charge in [0.15, 0.2) is 0 Å². The third kappa shape index (κ3) is 9.33. The average Bonchev–Trinajstić information content (AvgIpc) is 2.37. The smallest absolute Gasteiger partial charge is 0.109 e. The van der Waals surface area contributed by atoms with Crippen LogP contribution in [-0.2, 0) is 0 Å². The van der Waals surface area contributed by atoms with Crippen LogP contribution in [-0.4, -0.2) is 50.0 Å². The van der Waals surface area contributed by atoms with Crippen molar-refractivity contribution in [2.75, 3.05) is 33.1 Å². The Labute approximate surface area is 142 Å². The van der Waals surface area contributed by atoms with Gasteiger partial charge in [0.05, 0.1) is 38.8 Å². The van der Waals surface area contributed by atoms with Gasteiger partial charge in [-0.25, -0.2) is 0 Å². The van der Waals surface area contributed by atoms with Gasteiger partial charge >= 0.3 is 0 Å². The zero-order valence-corrected chi connectivity index (χ0v) is 14.6. The monoisotopic (exact) mass is 345 g/mol. The Morgan fingerprint density at radius 3 is 2.36 bits per heavy atom. The molecule has 0 unspecified atom stereocenters. The van der Waals surface area contributed by atoms with Crippen LogP contribution in [0.5, 0.6) is 0 Å². The van der Waals surface area contributed by atoms with E-state index in [1.807, 2.05) is 21.1 Å². The Hall–Kier alpha value is -1.63. The molecule has 0 fully saturated rings. The standard InChI is InChI=1S/C14H20ClN5O.ClH/c1-11(17-19-14(21)10-20(2,3)4)9-16-18-13-7-5-12(15)6-8-13;/h5-9H,10H2,1-4H3,(H-,16,17,18,19,21);1H. The predicted octanol–water partition coefficient (Wildman–Crippen LogP) is 2.00. The summed E-state index contributed by atoms with van der Waals surface area (Å²) >= 11 is 5.78. The third-order valence-corrected chi connectivity index (χ3v) is 2.47. The Morgan fingerprint density at radius 1 is 1.23 bits per heavy atom. The molecule has 1 aromatic carbocycles. The van der Waals surface area contributed by atoms with Gasteiger partial charge in [0, 0.05) is 10.9 Å². The fraction of sp³-hybridized carbons (Fsp3) is 0.357. The highest BCUT2D eigenvalue weighted by Gasteiger charge is 2.05. The largest absolute Gasteiger partial charge is 0.857 e. The van der Waals surface area contributed by atoms with Crippen molar-refractivity contribution < 1.29 is 9.59 Å². The quantitative estimate of drug-likeness (QED) is 0.370. The summed E-state index contributed by atoms with van der Waals surface area (Å²) in [5, 5.41) is 23.7. The number of likely N-dealkylation sites (N-methyl/N-ethyl adjacent to an activating group) is 1. The first kappa shape index (κ1) is 20.4. The van der Waals surface area contributed by atoms with Crippen molar-refractivity contribution in [3.63, 3.8) is 0 Å². The minimum absolute atomic E-state index is 0. The molecule has 0 radical (unpaired) electrons. The minimum atomic E-state index is -0.263. The fourth-order valence-electron chi connectivity index (χ4n) is 1.32. The second kappa shape index (κ2) is 9.40. The summed E-state index contributed by atoms with van der Waals surface area (Å²) in [6.45, 7) is 2.02. The van der Waals surface area contributed by atoms with Crippen molar-refractivity contribution in [3.8, 4) is 0 Å². The van der Waals surface area contributed by atoms with E-state index in [2.05, 4.69) is 20.7 Å². The first-order valence-electron chi connectivity index (χ1n) is 6.39. The molecule has 1 aromatic rings. The predicted molar refractivity (Wildman–Crippen MR) is 94.3 cm³/mol. The zero-order chi connectivity index (χ0) is 15.9. The Kier molecular flexibility index (Phi) is 8.70. The molecule has 0 aliphatic rings. The highest BCUT2D eigenvalue weighted by atomic mass is 35.5. The Balaban J connectivity index is 0.00000441. The van der Waals surface area contributed by atoms with Crippen LogP contribution in [0.2, 0.25) is 5.02 Å². The Bertz CT molecular complexity index is 547. The highest BCUT2D eigenvalue weighted by Crippen LogP contribution is 2.12. The van der Waals surface area contributed by atoms with E-state index < -0.39 is 0 Å². The molecule has 1 N–H and O–H groups in total. The molecule has 0 amide bonds. The number of rotatable bonds is 6. The lowest BCUT2D eigenvalue weighted by Gasteiger charge is -2.25. The maximum Gasteiger partial charge on any atom is 0.109 e. The van der Waals surface area contributed by atoms with Crippen LogP contribution in [0.15, 0.2) is 39.6 Å². The van der Waals surface area contributed by atoms with Crippen LogP contribution in [0.25, 0.3) is 0 Å². The molecule has 0 aromatic heterocycles. The molecule has 8 heteroatoms. The van der Waals surface area contributed by atoms with Gasteiger partial charge < -0.3 is 9.59 Å². The van der Waals surface area contributed by atoms with Crippen molar-refractivity contribution in [2.45, 2.75) is 6.92 Å². The maximum absolute atomic E-state index is 11.5. The summed E-state index contributed by atoms with van der Waals surface area (Å²) in [6.07, 6.45) is 1.50. The second-order valence-electron chi connectivity index (χ2n) is 5.56. The first-order valence-corrected chi connectivity index (χ1v) is 6.77. The van der Waals surface area contributed by atoms with Crippen LogP contribution >= 0.6 is 24.0 Å². The summed E-state index contributed by atoms with van der Waals surface area (Å²) < 4.78 is 0.517. The van der Waals surface area contributed by atoms with Gasteiger partial charge in [0.25, 0.3) is 0 Å². The first-order chi connectivity index (χ1) is 9.76. The molecule has 0 aliphatic carbocycles. The van der Waals surface area contributed by atoms with E-state index in [1.54, 1.807) is 31.2 Å². The number of quaternary nitrogens is 1. The molecule has 6 nitrogen and oxygen atoms in total. The van der Waals surface area contributed by atoms with Gasteiger partial charge in [0.1, 0.15) is 6.54 Å². The van der Waals surface area contributed by atoms with E-state index >= 15 is 0 Å². The summed E-state index contributed by atoms with van der Waals surface area (Å²) in [6, 6.07) is 7.14. The number of nitrogens with zero attached hydrogens (tertiary/aromatic N) is 4. The van der Waals surface area contributed by atoms with Crippen molar-refractivity contribution in [1.82, 2.24) is 0 Å². The summed E-state index contributed by atoms with van der Waals surface area (Å²) in [4.78, 5) is 0. The molecule has 0 heterocycles.